The van der Waals surface area contributed by atoms with Crippen LogP contribution in [0.25, 0.3) is 11.0 Å². The zero-order valence-corrected chi connectivity index (χ0v) is 22.3. The maximum absolute atomic E-state index is 13.6. The summed E-state index contributed by atoms with van der Waals surface area (Å²) in [6.07, 6.45) is 0. The summed E-state index contributed by atoms with van der Waals surface area (Å²) in [5.41, 5.74) is 3.45. The van der Waals surface area contributed by atoms with Crippen molar-refractivity contribution in [3.63, 3.8) is 0 Å². The van der Waals surface area contributed by atoms with E-state index in [4.69, 9.17) is 19.4 Å². The molecule has 4 aromatic rings. The molecule has 0 amide bonds. The normalized spacial score (nSPS) is 16.3. The summed E-state index contributed by atoms with van der Waals surface area (Å²) in [7, 11) is -4.03. The highest BCUT2D eigenvalue weighted by atomic mass is 32.2. The molecule has 0 aliphatic carbocycles. The van der Waals surface area contributed by atoms with Gasteiger partial charge in [-0.3, -0.25) is 4.90 Å². The molecule has 39 heavy (non-hydrogen) atoms. The molecule has 1 atom stereocenters. The van der Waals surface area contributed by atoms with E-state index in [-0.39, 0.29) is 17.4 Å². The van der Waals surface area contributed by atoms with Gasteiger partial charge in [-0.2, -0.15) is 5.26 Å². The van der Waals surface area contributed by atoms with Crippen molar-refractivity contribution in [2.45, 2.75) is 23.6 Å². The first-order valence-corrected chi connectivity index (χ1v) is 14.3. The second-order valence-electron chi connectivity index (χ2n) is 9.74. The summed E-state index contributed by atoms with van der Waals surface area (Å²) < 4.78 is 38.2. The van der Waals surface area contributed by atoms with E-state index >= 15 is 0 Å². The molecule has 0 saturated carbocycles. The molecule has 198 valence electrons. The molecular weight excluding hydrogens is 514 g/mol. The lowest BCUT2D eigenvalue weighted by Crippen LogP contribution is -2.46. The summed E-state index contributed by atoms with van der Waals surface area (Å²) in [5, 5.41) is 8.67. The van der Waals surface area contributed by atoms with Gasteiger partial charge in [0.1, 0.15) is 5.69 Å². The molecule has 6 rings (SSSR count). The lowest BCUT2D eigenvalue weighted by atomic mass is 10.1. The number of para-hydroxylation sites is 2. The number of nitrogens with zero attached hydrogens (tertiary/aromatic N) is 5. The second-order valence-corrected chi connectivity index (χ2v) is 11.8. The molecule has 2 aliphatic heterocycles. The predicted octanol–water partition coefficient (Wildman–Crippen LogP) is 4.03. The van der Waals surface area contributed by atoms with Crippen molar-refractivity contribution in [3.05, 3.63) is 83.6 Å². The van der Waals surface area contributed by atoms with Crippen LogP contribution in [0, 0.1) is 18.3 Å². The van der Waals surface area contributed by atoms with Crippen LogP contribution >= 0.6 is 0 Å². The van der Waals surface area contributed by atoms with Gasteiger partial charge < -0.3 is 14.4 Å². The Kier molecular flexibility index (Phi) is 6.54. The SMILES string of the molecule is Cc1ccc(S(=O)(=O)[C@H](C#N)c2nc3ccccc3nc2N2CCN(Cc3ccc4c(c3)OCO4)CC2)cc1. The summed E-state index contributed by atoms with van der Waals surface area (Å²) in [6.45, 7) is 5.60. The van der Waals surface area contributed by atoms with E-state index in [0.29, 0.717) is 29.9 Å². The van der Waals surface area contributed by atoms with Crippen molar-refractivity contribution in [3.8, 4) is 17.6 Å². The van der Waals surface area contributed by atoms with Crippen LogP contribution in [0.4, 0.5) is 5.82 Å². The molecule has 9 nitrogen and oxygen atoms in total. The fourth-order valence-electron chi connectivity index (χ4n) is 4.97. The van der Waals surface area contributed by atoms with Gasteiger partial charge in [0.2, 0.25) is 16.6 Å². The smallest absolute Gasteiger partial charge is 0.231 e. The molecule has 1 saturated heterocycles. The standard InChI is InChI=1S/C29H27N5O4S/c1-20-6-9-22(10-7-20)39(35,36)27(17-30)28-29(32-24-5-3-2-4-23(24)31-28)34-14-12-33(13-15-34)18-21-8-11-25-26(16-21)38-19-37-25/h2-11,16,27H,12-15,18-19H2,1H3/t27-/m1/s1. The van der Waals surface area contributed by atoms with Crippen LogP contribution in [0.5, 0.6) is 11.5 Å². The van der Waals surface area contributed by atoms with Gasteiger partial charge in [0.15, 0.2) is 22.6 Å². The fourth-order valence-corrected chi connectivity index (χ4v) is 6.35. The van der Waals surface area contributed by atoms with Gasteiger partial charge in [-0.1, -0.05) is 35.9 Å². The summed E-state index contributed by atoms with van der Waals surface area (Å²) in [5.74, 6) is 1.97. The number of hydrogen-bond donors (Lipinski definition) is 0. The van der Waals surface area contributed by atoms with Gasteiger partial charge in [-0.25, -0.2) is 18.4 Å². The van der Waals surface area contributed by atoms with Crippen molar-refractivity contribution in [2.24, 2.45) is 0 Å². The van der Waals surface area contributed by atoms with E-state index in [1.54, 1.807) is 18.2 Å². The number of nitriles is 1. The third kappa shape index (κ3) is 4.87. The highest BCUT2D eigenvalue weighted by Gasteiger charge is 2.35. The molecule has 10 heteroatoms. The Morgan fingerprint density at radius 3 is 2.33 bits per heavy atom. The van der Waals surface area contributed by atoms with Crippen molar-refractivity contribution in [2.75, 3.05) is 37.9 Å². The summed E-state index contributed by atoms with van der Waals surface area (Å²) in [6, 6.07) is 21.9. The molecule has 2 aliphatic rings. The minimum absolute atomic E-state index is 0.0918. The van der Waals surface area contributed by atoms with Gasteiger partial charge in [0, 0.05) is 32.7 Å². The highest BCUT2D eigenvalue weighted by Crippen LogP contribution is 2.35. The van der Waals surface area contributed by atoms with Crippen LogP contribution in [0.15, 0.2) is 71.6 Å². The minimum Gasteiger partial charge on any atom is -0.454 e. The average molecular weight is 542 g/mol. The van der Waals surface area contributed by atoms with Crippen LogP contribution in [0.1, 0.15) is 22.1 Å². The maximum atomic E-state index is 13.6. The molecule has 0 radical (unpaired) electrons. The second kappa shape index (κ2) is 10.2. The number of anilines is 1. The monoisotopic (exact) mass is 541 g/mol. The maximum Gasteiger partial charge on any atom is 0.231 e. The highest BCUT2D eigenvalue weighted by molar-refractivity contribution is 7.92. The number of benzene rings is 3. The van der Waals surface area contributed by atoms with Crippen LogP contribution in [0.2, 0.25) is 0 Å². The number of aromatic nitrogens is 2. The Labute approximate surface area is 227 Å². The Morgan fingerprint density at radius 2 is 1.62 bits per heavy atom. The molecule has 3 heterocycles. The molecule has 1 aromatic heterocycles. The van der Waals surface area contributed by atoms with Crippen LogP contribution in [0.3, 0.4) is 0 Å². The Balaban J connectivity index is 1.29. The van der Waals surface area contributed by atoms with Crippen molar-refractivity contribution in [1.82, 2.24) is 14.9 Å². The van der Waals surface area contributed by atoms with Gasteiger partial charge in [0.05, 0.1) is 22.0 Å². The van der Waals surface area contributed by atoms with E-state index in [2.05, 4.69) is 4.90 Å². The molecule has 0 bridgehead atoms. The van der Waals surface area contributed by atoms with Crippen LogP contribution < -0.4 is 14.4 Å². The lowest BCUT2D eigenvalue weighted by Gasteiger charge is -2.36. The number of fused-ring (bicyclic) bond motifs is 2. The van der Waals surface area contributed by atoms with Gasteiger partial charge in [0.25, 0.3) is 0 Å². The van der Waals surface area contributed by atoms with Gasteiger partial charge >= 0.3 is 0 Å². The average Bonchev–Trinajstić information content (AvgIpc) is 3.42. The van der Waals surface area contributed by atoms with E-state index in [1.165, 1.54) is 12.1 Å². The van der Waals surface area contributed by atoms with Gasteiger partial charge in [-0.05, 0) is 48.9 Å². The number of hydrogen-bond acceptors (Lipinski definition) is 9. The largest absolute Gasteiger partial charge is 0.454 e. The van der Waals surface area contributed by atoms with Gasteiger partial charge in [-0.15, -0.1) is 0 Å². The number of aryl methyl sites for hydroxylation is 1. The minimum atomic E-state index is -4.03. The third-order valence-corrected chi connectivity index (χ3v) is 9.00. The number of piperazine rings is 1. The number of rotatable bonds is 6. The molecular formula is C29H27N5O4S. The van der Waals surface area contributed by atoms with E-state index in [0.717, 1.165) is 42.3 Å². The lowest BCUT2D eigenvalue weighted by molar-refractivity contribution is 0.174. The zero-order valence-electron chi connectivity index (χ0n) is 21.4. The van der Waals surface area contributed by atoms with E-state index in [9.17, 15) is 13.7 Å². The van der Waals surface area contributed by atoms with Crippen LogP contribution in [-0.2, 0) is 16.4 Å². The Hall–Kier alpha value is -4.20. The first-order valence-electron chi connectivity index (χ1n) is 12.7. The summed E-state index contributed by atoms with van der Waals surface area (Å²) >= 11 is 0. The zero-order chi connectivity index (χ0) is 27.0. The molecule has 1 fully saturated rings. The topological polar surface area (TPSA) is 109 Å². The quantitative estimate of drug-likeness (QED) is 0.357. The third-order valence-electron chi connectivity index (χ3n) is 7.12. The molecule has 3 aromatic carbocycles. The Bertz CT molecular complexity index is 1680. The van der Waals surface area contributed by atoms with E-state index < -0.39 is 15.1 Å². The predicted molar refractivity (Wildman–Crippen MR) is 146 cm³/mol. The Morgan fingerprint density at radius 1 is 0.923 bits per heavy atom. The molecule has 0 unspecified atom stereocenters. The van der Waals surface area contributed by atoms with E-state index in [1.807, 2.05) is 54.3 Å². The molecule has 0 N–H and O–H groups in total. The van der Waals surface area contributed by atoms with Crippen molar-refractivity contribution in [1.29, 1.82) is 5.26 Å². The van der Waals surface area contributed by atoms with Crippen molar-refractivity contribution >= 4 is 26.7 Å². The summed E-state index contributed by atoms with van der Waals surface area (Å²) in [4.78, 5) is 14.0. The first-order chi connectivity index (χ1) is 18.9. The van der Waals surface area contributed by atoms with Crippen LogP contribution in [-0.4, -0.2) is 56.3 Å². The molecule has 0 spiro atoms. The first kappa shape index (κ1) is 25.1. The van der Waals surface area contributed by atoms with Crippen molar-refractivity contribution < 1.29 is 17.9 Å². The number of sulfone groups is 1. The number of ether oxygens (including phenoxy) is 2. The fraction of sp³-hybridized carbons (Fsp3) is 0.276.